The van der Waals surface area contributed by atoms with Gasteiger partial charge in [-0.2, -0.15) is 0 Å². The van der Waals surface area contributed by atoms with Gasteiger partial charge in [0.2, 0.25) is 6.20 Å². The van der Waals surface area contributed by atoms with Crippen molar-refractivity contribution < 1.29 is 14.7 Å². The number of pyridine rings is 1. The summed E-state index contributed by atoms with van der Waals surface area (Å²) in [7, 11) is 1.62. The predicted molar refractivity (Wildman–Crippen MR) is 43.5 cm³/mol. The van der Waals surface area contributed by atoms with Crippen LogP contribution in [-0.4, -0.2) is 18.2 Å². The molecule has 0 saturated carbocycles. The van der Waals surface area contributed by atoms with Crippen molar-refractivity contribution in [3.63, 3.8) is 0 Å². The minimum atomic E-state index is 0.348. The third-order valence-electron chi connectivity index (χ3n) is 1.37. The van der Waals surface area contributed by atoms with Gasteiger partial charge < -0.3 is 4.74 Å². The van der Waals surface area contributed by atoms with Gasteiger partial charge in [-0.1, -0.05) is 0 Å². The molecule has 1 rings (SSSR count). The van der Waals surface area contributed by atoms with Crippen LogP contribution in [0.1, 0.15) is 6.92 Å². The zero-order chi connectivity index (χ0) is 8.97. The third-order valence-corrected chi connectivity index (χ3v) is 1.37. The molecule has 4 heteroatoms. The van der Waals surface area contributed by atoms with E-state index in [4.69, 9.17) is 4.74 Å². The molecule has 0 radical (unpaired) electrons. The molecule has 0 aliphatic heterocycles. The molecular formula is C8H11N2O2+. The minimum Gasteiger partial charge on any atom is -0.388 e. The molecule has 12 heavy (non-hydrogen) atoms. The van der Waals surface area contributed by atoms with Crippen molar-refractivity contribution >= 4 is 5.90 Å². The smallest absolute Gasteiger partial charge is 0.388 e. The van der Waals surface area contributed by atoms with Gasteiger partial charge in [0.25, 0.3) is 0 Å². The summed E-state index contributed by atoms with van der Waals surface area (Å²) in [5.41, 5.74) is 0. The van der Waals surface area contributed by atoms with Crippen LogP contribution in [0.2, 0.25) is 0 Å². The Bertz CT molecular complexity index is 297. The molecule has 0 aliphatic carbocycles. The number of hydrogen-bond acceptors (Lipinski definition) is 3. The van der Waals surface area contributed by atoms with Gasteiger partial charge in [-0.15, -0.1) is 0 Å². The fourth-order valence-electron chi connectivity index (χ4n) is 0.697. The first-order valence-corrected chi connectivity index (χ1v) is 3.55. The Morgan fingerprint density at radius 2 is 2.33 bits per heavy atom. The molecule has 0 bridgehead atoms. The van der Waals surface area contributed by atoms with Crippen molar-refractivity contribution in [2.45, 2.75) is 6.92 Å². The number of aromatic nitrogens is 1. The molecule has 4 nitrogen and oxygen atoms in total. The topological polar surface area (TPSA) is 45.7 Å². The summed E-state index contributed by atoms with van der Waals surface area (Å²) in [6.45, 7) is 1.72. The highest BCUT2D eigenvalue weighted by Gasteiger charge is 2.09. The van der Waals surface area contributed by atoms with Crippen molar-refractivity contribution in [1.29, 1.82) is 0 Å². The minimum absolute atomic E-state index is 0.348. The van der Waals surface area contributed by atoms with E-state index in [1.54, 1.807) is 32.2 Å². The molecule has 1 N–H and O–H groups in total. The van der Waals surface area contributed by atoms with E-state index in [9.17, 15) is 5.21 Å². The number of ether oxygens (including phenoxy) is 1. The van der Waals surface area contributed by atoms with Crippen molar-refractivity contribution in [2.24, 2.45) is 4.99 Å². The molecule has 0 spiro atoms. The van der Waals surface area contributed by atoms with Crippen LogP contribution in [0, 0.1) is 0 Å². The van der Waals surface area contributed by atoms with E-state index in [1.165, 1.54) is 6.20 Å². The van der Waals surface area contributed by atoms with Gasteiger partial charge in [-0.05, 0) is 6.07 Å². The number of nitrogens with zero attached hydrogens (tertiary/aromatic N) is 2. The van der Waals surface area contributed by atoms with Gasteiger partial charge in [0.15, 0.2) is 5.90 Å². The molecule has 1 aromatic heterocycles. The average molecular weight is 167 g/mol. The Morgan fingerprint density at radius 1 is 1.58 bits per heavy atom. The van der Waals surface area contributed by atoms with E-state index in [1.807, 2.05) is 0 Å². The summed E-state index contributed by atoms with van der Waals surface area (Å²) in [6, 6.07) is 5.12. The fourth-order valence-corrected chi connectivity index (χ4v) is 0.697. The molecule has 0 saturated heterocycles. The first-order chi connectivity index (χ1) is 5.74. The SMILES string of the molecule is CN=C(C)Oc1cccc[n+]1O. The standard InChI is InChI=1S/C8H11N2O2/c1-7(9-2)12-8-5-3-4-6-10(8)11/h3-6,11H,1-2H3/q+1. The highest BCUT2D eigenvalue weighted by Crippen LogP contribution is 2.00. The molecule has 1 aromatic rings. The first-order valence-electron chi connectivity index (χ1n) is 3.55. The Labute approximate surface area is 70.7 Å². The molecule has 0 aromatic carbocycles. The summed E-state index contributed by atoms with van der Waals surface area (Å²) in [4.78, 5) is 3.79. The zero-order valence-corrected chi connectivity index (χ0v) is 7.06. The molecular weight excluding hydrogens is 156 g/mol. The van der Waals surface area contributed by atoms with Crippen LogP contribution in [0.25, 0.3) is 0 Å². The molecule has 1 heterocycles. The Balaban J connectivity index is 2.82. The number of hydrogen-bond donors (Lipinski definition) is 1. The lowest BCUT2D eigenvalue weighted by Gasteiger charge is -1.97. The molecule has 0 unspecified atom stereocenters. The van der Waals surface area contributed by atoms with Crippen molar-refractivity contribution in [1.82, 2.24) is 0 Å². The molecule has 0 amide bonds. The first kappa shape index (κ1) is 8.52. The second kappa shape index (κ2) is 3.71. The summed E-state index contributed by atoms with van der Waals surface area (Å²) in [5.74, 6) is 0.851. The van der Waals surface area contributed by atoms with Gasteiger partial charge >= 0.3 is 5.88 Å². The lowest BCUT2D eigenvalue weighted by atomic mass is 10.5. The molecule has 0 fully saturated rings. The van der Waals surface area contributed by atoms with Crippen molar-refractivity contribution in [3.8, 4) is 5.88 Å². The maximum Gasteiger partial charge on any atom is 0.423 e. The molecule has 0 atom stereocenters. The van der Waals surface area contributed by atoms with E-state index in [0.717, 1.165) is 4.73 Å². The van der Waals surface area contributed by atoms with Gasteiger partial charge in [0.1, 0.15) is 0 Å². The van der Waals surface area contributed by atoms with E-state index in [-0.39, 0.29) is 0 Å². The quantitative estimate of drug-likeness (QED) is 0.289. The van der Waals surface area contributed by atoms with Crippen LogP contribution in [-0.2, 0) is 0 Å². The Kier molecular flexibility index (Phi) is 2.63. The lowest BCUT2D eigenvalue weighted by molar-refractivity contribution is -0.905. The van der Waals surface area contributed by atoms with Crippen LogP contribution in [0.4, 0.5) is 0 Å². The summed E-state index contributed by atoms with van der Waals surface area (Å²) >= 11 is 0. The summed E-state index contributed by atoms with van der Waals surface area (Å²) in [5, 5.41) is 9.19. The maximum absolute atomic E-state index is 9.19. The second-order valence-corrected chi connectivity index (χ2v) is 2.23. The second-order valence-electron chi connectivity index (χ2n) is 2.23. The van der Waals surface area contributed by atoms with E-state index >= 15 is 0 Å². The van der Waals surface area contributed by atoms with E-state index in [0.29, 0.717) is 11.8 Å². The summed E-state index contributed by atoms with van der Waals surface area (Å²) in [6.07, 6.45) is 1.48. The summed E-state index contributed by atoms with van der Waals surface area (Å²) < 4.78 is 6.05. The van der Waals surface area contributed by atoms with E-state index in [2.05, 4.69) is 4.99 Å². The average Bonchev–Trinajstić information content (AvgIpc) is 2.09. The maximum atomic E-state index is 9.19. The van der Waals surface area contributed by atoms with Gasteiger partial charge in [-0.25, -0.2) is 0 Å². The van der Waals surface area contributed by atoms with Crippen molar-refractivity contribution in [3.05, 3.63) is 24.4 Å². The van der Waals surface area contributed by atoms with E-state index < -0.39 is 0 Å². The van der Waals surface area contributed by atoms with Gasteiger partial charge in [0.05, 0.1) is 6.07 Å². The van der Waals surface area contributed by atoms with Crippen LogP contribution in [0.5, 0.6) is 5.88 Å². The van der Waals surface area contributed by atoms with Gasteiger partial charge in [0, 0.05) is 24.8 Å². The molecule has 0 aliphatic rings. The highest BCUT2D eigenvalue weighted by molar-refractivity contribution is 5.74. The largest absolute Gasteiger partial charge is 0.423 e. The lowest BCUT2D eigenvalue weighted by Crippen LogP contribution is -2.32. The normalized spacial score (nSPS) is 11.3. The van der Waals surface area contributed by atoms with Crippen LogP contribution in [0.15, 0.2) is 29.4 Å². The monoisotopic (exact) mass is 167 g/mol. The van der Waals surface area contributed by atoms with Gasteiger partial charge in [-0.3, -0.25) is 10.2 Å². The highest BCUT2D eigenvalue weighted by atomic mass is 16.6. The Hall–Kier alpha value is -1.58. The zero-order valence-electron chi connectivity index (χ0n) is 7.06. The van der Waals surface area contributed by atoms with Crippen LogP contribution >= 0.6 is 0 Å². The predicted octanol–water partition coefficient (Wildman–Crippen LogP) is 0.638. The third kappa shape index (κ3) is 1.95. The Morgan fingerprint density at radius 3 is 2.92 bits per heavy atom. The molecule has 64 valence electrons. The number of aliphatic imine (C=N–C) groups is 1. The number of rotatable bonds is 1. The fraction of sp³-hybridized carbons (Fsp3) is 0.250. The van der Waals surface area contributed by atoms with Crippen LogP contribution < -0.4 is 9.47 Å². The van der Waals surface area contributed by atoms with Crippen LogP contribution in [0.3, 0.4) is 0 Å². The van der Waals surface area contributed by atoms with Crippen molar-refractivity contribution in [2.75, 3.05) is 7.05 Å².